The molecule has 7 heteroatoms. The van der Waals surface area contributed by atoms with E-state index in [-0.39, 0.29) is 18.9 Å². The first kappa shape index (κ1) is 15.2. The molecule has 2 aromatic rings. The molecule has 0 spiro atoms. The SMILES string of the molecule is C[C@]1(C(=O)O)CCN(C(=O)Cc2csc(-c3cccs3)n2)C1. The Kier molecular flexibility index (Phi) is 4.01. The van der Waals surface area contributed by atoms with Crippen molar-refractivity contribution in [3.63, 3.8) is 0 Å². The van der Waals surface area contributed by atoms with Gasteiger partial charge in [0.2, 0.25) is 5.91 Å². The number of likely N-dealkylation sites (tertiary alicyclic amines) is 1. The Labute approximate surface area is 136 Å². The van der Waals surface area contributed by atoms with Crippen molar-refractivity contribution in [1.82, 2.24) is 9.88 Å². The Bertz CT molecular complexity index is 695. The van der Waals surface area contributed by atoms with Gasteiger partial charge in [-0.1, -0.05) is 6.07 Å². The van der Waals surface area contributed by atoms with Gasteiger partial charge in [0.15, 0.2) is 0 Å². The van der Waals surface area contributed by atoms with Crippen LogP contribution in [0.2, 0.25) is 0 Å². The number of amides is 1. The molecule has 0 unspecified atom stereocenters. The minimum atomic E-state index is -0.837. The molecule has 2 aromatic heterocycles. The van der Waals surface area contributed by atoms with E-state index in [2.05, 4.69) is 4.98 Å². The van der Waals surface area contributed by atoms with Crippen LogP contribution in [0.1, 0.15) is 19.0 Å². The van der Waals surface area contributed by atoms with Gasteiger partial charge in [-0.25, -0.2) is 4.98 Å². The molecule has 1 atom stereocenters. The molecule has 0 bridgehead atoms. The van der Waals surface area contributed by atoms with Gasteiger partial charge in [-0.05, 0) is 24.8 Å². The van der Waals surface area contributed by atoms with Gasteiger partial charge in [0, 0.05) is 18.5 Å². The average molecular weight is 336 g/mol. The number of aliphatic carboxylic acids is 1. The van der Waals surface area contributed by atoms with Crippen LogP contribution in [0.15, 0.2) is 22.9 Å². The van der Waals surface area contributed by atoms with Crippen LogP contribution in [-0.2, 0) is 16.0 Å². The largest absolute Gasteiger partial charge is 0.481 e. The number of carboxylic acids is 1. The van der Waals surface area contributed by atoms with Gasteiger partial charge in [-0.3, -0.25) is 9.59 Å². The van der Waals surface area contributed by atoms with E-state index >= 15 is 0 Å². The molecule has 22 heavy (non-hydrogen) atoms. The third-order valence-electron chi connectivity index (χ3n) is 3.96. The maximum atomic E-state index is 12.3. The van der Waals surface area contributed by atoms with Gasteiger partial charge >= 0.3 is 5.97 Å². The van der Waals surface area contributed by atoms with Gasteiger partial charge in [0.1, 0.15) is 5.01 Å². The maximum absolute atomic E-state index is 12.3. The van der Waals surface area contributed by atoms with Gasteiger partial charge in [-0.2, -0.15) is 0 Å². The highest BCUT2D eigenvalue weighted by Gasteiger charge is 2.42. The molecule has 1 fully saturated rings. The van der Waals surface area contributed by atoms with E-state index in [0.717, 1.165) is 15.6 Å². The van der Waals surface area contributed by atoms with Crippen LogP contribution in [0.25, 0.3) is 9.88 Å². The van der Waals surface area contributed by atoms with Crippen molar-refractivity contribution in [2.45, 2.75) is 19.8 Å². The summed E-state index contributed by atoms with van der Waals surface area (Å²) in [7, 11) is 0. The fourth-order valence-electron chi connectivity index (χ4n) is 2.52. The number of rotatable bonds is 4. The Morgan fingerprint density at radius 1 is 1.45 bits per heavy atom. The quantitative estimate of drug-likeness (QED) is 0.932. The summed E-state index contributed by atoms with van der Waals surface area (Å²) in [6.45, 7) is 2.48. The first-order valence-electron chi connectivity index (χ1n) is 6.97. The van der Waals surface area contributed by atoms with Crippen LogP contribution in [0.5, 0.6) is 0 Å². The molecule has 5 nitrogen and oxygen atoms in total. The second-order valence-corrected chi connectivity index (χ2v) is 7.53. The average Bonchev–Trinajstić information content (AvgIpc) is 3.17. The van der Waals surface area contributed by atoms with E-state index in [1.165, 1.54) is 11.3 Å². The Morgan fingerprint density at radius 2 is 2.27 bits per heavy atom. The van der Waals surface area contributed by atoms with Crippen molar-refractivity contribution >= 4 is 34.6 Å². The van der Waals surface area contributed by atoms with Crippen LogP contribution in [0.4, 0.5) is 0 Å². The molecular weight excluding hydrogens is 320 g/mol. The number of hydrogen-bond donors (Lipinski definition) is 1. The molecule has 0 radical (unpaired) electrons. The van der Waals surface area contributed by atoms with E-state index in [0.29, 0.717) is 13.0 Å². The summed E-state index contributed by atoms with van der Waals surface area (Å²) in [5.74, 6) is -0.885. The topological polar surface area (TPSA) is 70.5 Å². The van der Waals surface area contributed by atoms with Crippen LogP contribution in [-0.4, -0.2) is 40.0 Å². The summed E-state index contributed by atoms with van der Waals surface area (Å²) in [5, 5.41) is 14.0. The molecule has 1 saturated heterocycles. The lowest BCUT2D eigenvalue weighted by Crippen LogP contribution is -2.35. The fraction of sp³-hybridized carbons (Fsp3) is 0.400. The van der Waals surface area contributed by atoms with Crippen molar-refractivity contribution in [3.8, 4) is 9.88 Å². The fourth-order valence-corrected chi connectivity index (χ4v) is 4.15. The van der Waals surface area contributed by atoms with Gasteiger partial charge in [-0.15, -0.1) is 22.7 Å². The van der Waals surface area contributed by atoms with Crippen LogP contribution in [0, 0.1) is 5.41 Å². The molecule has 0 aromatic carbocycles. The van der Waals surface area contributed by atoms with Crippen molar-refractivity contribution in [1.29, 1.82) is 0 Å². The minimum Gasteiger partial charge on any atom is -0.481 e. The summed E-state index contributed by atoms with van der Waals surface area (Å²) < 4.78 is 0. The number of carboxylic acid groups (broad SMARTS) is 1. The van der Waals surface area contributed by atoms with Crippen molar-refractivity contribution in [2.24, 2.45) is 5.41 Å². The summed E-state index contributed by atoms with van der Waals surface area (Å²) in [5.41, 5.74) is -0.0674. The second-order valence-electron chi connectivity index (χ2n) is 5.73. The standard InChI is InChI=1S/C15H16N2O3S2/c1-15(14(19)20)4-5-17(9-15)12(18)7-10-8-22-13(16-10)11-3-2-6-21-11/h2-3,6,8H,4-5,7,9H2,1H3,(H,19,20)/t15-/m0/s1. The molecule has 3 heterocycles. The first-order chi connectivity index (χ1) is 10.5. The van der Waals surface area contributed by atoms with E-state index < -0.39 is 11.4 Å². The lowest BCUT2D eigenvalue weighted by Gasteiger charge is -2.19. The number of aromatic nitrogens is 1. The van der Waals surface area contributed by atoms with E-state index in [1.54, 1.807) is 23.2 Å². The summed E-state index contributed by atoms with van der Waals surface area (Å²) >= 11 is 3.15. The first-order valence-corrected chi connectivity index (χ1v) is 8.73. The highest BCUT2D eigenvalue weighted by atomic mass is 32.1. The molecule has 1 aliphatic heterocycles. The zero-order chi connectivity index (χ0) is 15.7. The number of hydrogen-bond acceptors (Lipinski definition) is 5. The highest BCUT2D eigenvalue weighted by Crippen LogP contribution is 2.31. The summed E-state index contributed by atoms with van der Waals surface area (Å²) in [4.78, 5) is 30.8. The Morgan fingerprint density at radius 3 is 2.91 bits per heavy atom. The summed E-state index contributed by atoms with van der Waals surface area (Å²) in [6, 6.07) is 3.98. The maximum Gasteiger partial charge on any atom is 0.311 e. The number of thiazole rings is 1. The van der Waals surface area contributed by atoms with Gasteiger partial charge in [0.25, 0.3) is 0 Å². The van der Waals surface area contributed by atoms with Crippen LogP contribution in [0.3, 0.4) is 0 Å². The predicted octanol–water partition coefficient (Wildman–Crippen LogP) is 2.74. The molecule has 0 aliphatic carbocycles. The van der Waals surface area contributed by atoms with Crippen molar-refractivity contribution in [2.75, 3.05) is 13.1 Å². The second kappa shape index (κ2) is 5.81. The number of thiophene rings is 1. The number of carbonyl (C=O) groups excluding carboxylic acids is 1. The van der Waals surface area contributed by atoms with Gasteiger partial charge < -0.3 is 10.0 Å². The monoisotopic (exact) mass is 336 g/mol. The molecule has 1 amide bonds. The number of carbonyl (C=O) groups is 2. The van der Waals surface area contributed by atoms with E-state index in [9.17, 15) is 14.7 Å². The van der Waals surface area contributed by atoms with Crippen LogP contribution >= 0.6 is 22.7 Å². The third-order valence-corrected chi connectivity index (χ3v) is 5.89. The van der Waals surface area contributed by atoms with Crippen molar-refractivity contribution in [3.05, 3.63) is 28.6 Å². The molecular formula is C15H16N2O3S2. The van der Waals surface area contributed by atoms with E-state index in [4.69, 9.17) is 0 Å². The Hall–Kier alpha value is -1.73. The normalized spacial score (nSPS) is 21.2. The highest BCUT2D eigenvalue weighted by molar-refractivity contribution is 7.20. The Balaban J connectivity index is 1.65. The minimum absolute atomic E-state index is 0.0481. The molecule has 1 N–H and O–H groups in total. The van der Waals surface area contributed by atoms with Crippen molar-refractivity contribution < 1.29 is 14.7 Å². The molecule has 116 valence electrons. The molecule has 0 saturated carbocycles. The molecule has 3 rings (SSSR count). The number of nitrogens with zero attached hydrogens (tertiary/aromatic N) is 2. The predicted molar refractivity (Wildman–Crippen MR) is 86.1 cm³/mol. The zero-order valence-corrected chi connectivity index (χ0v) is 13.7. The third kappa shape index (κ3) is 2.91. The smallest absolute Gasteiger partial charge is 0.311 e. The molecule has 1 aliphatic rings. The summed E-state index contributed by atoms with van der Waals surface area (Å²) in [6.07, 6.45) is 0.739. The zero-order valence-electron chi connectivity index (χ0n) is 12.1. The van der Waals surface area contributed by atoms with E-state index in [1.807, 2.05) is 22.9 Å². The van der Waals surface area contributed by atoms with Crippen LogP contribution < -0.4 is 0 Å². The van der Waals surface area contributed by atoms with Gasteiger partial charge in [0.05, 0.1) is 22.4 Å². The lowest BCUT2D eigenvalue weighted by atomic mass is 9.90. The lowest BCUT2D eigenvalue weighted by molar-refractivity contribution is -0.147.